The molecule has 1 saturated heterocycles. The molecule has 0 spiro atoms. The van der Waals surface area contributed by atoms with E-state index in [4.69, 9.17) is 23.2 Å². The first-order valence-electron chi connectivity index (χ1n) is 13.1. The summed E-state index contributed by atoms with van der Waals surface area (Å²) in [6.07, 6.45) is -0.246. The lowest BCUT2D eigenvalue weighted by Gasteiger charge is -2.38. The van der Waals surface area contributed by atoms with Crippen LogP contribution >= 0.6 is 34.5 Å². The number of carbonyl (C=O) groups excluding carboxylic acids is 2. The summed E-state index contributed by atoms with van der Waals surface area (Å²) in [5, 5.41) is 9.29. The largest absolute Gasteiger partial charge is 0.368 e. The fourth-order valence-corrected chi connectivity index (χ4v) is 6.28. The average molecular weight is 592 g/mol. The first kappa shape index (κ1) is 29.3. The number of nitrogens with zero attached hydrogens (tertiary/aromatic N) is 2. The Balaban J connectivity index is 1.45. The van der Waals surface area contributed by atoms with Gasteiger partial charge in [-0.15, -0.1) is 11.3 Å². The number of amides is 2. The molecular weight excluding hydrogens is 558 g/mol. The molecule has 3 aromatic rings. The van der Waals surface area contributed by atoms with Gasteiger partial charge in [0.15, 0.2) is 0 Å². The number of hydrogen-bond acceptors (Lipinski definition) is 5. The highest BCUT2D eigenvalue weighted by atomic mass is 35.5. The van der Waals surface area contributed by atoms with E-state index in [1.165, 1.54) is 10.4 Å². The van der Waals surface area contributed by atoms with Crippen LogP contribution < -0.4 is 15.5 Å². The molecule has 1 aliphatic heterocycles. The van der Waals surface area contributed by atoms with Gasteiger partial charge in [0, 0.05) is 46.8 Å². The summed E-state index contributed by atoms with van der Waals surface area (Å²) < 4.78 is 12.8. The lowest BCUT2D eigenvalue weighted by atomic mass is 10.0. The van der Waals surface area contributed by atoms with E-state index in [9.17, 15) is 14.0 Å². The lowest BCUT2D eigenvalue weighted by molar-refractivity contribution is -0.132. The number of benzene rings is 2. The van der Waals surface area contributed by atoms with Crippen molar-refractivity contribution in [1.82, 2.24) is 15.5 Å². The number of thiophene rings is 1. The number of rotatable bonds is 11. The number of piperazine rings is 1. The zero-order valence-corrected chi connectivity index (χ0v) is 24.2. The van der Waals surface area contributed by atoms with E-state index < -0.39 is 18.6 Å². The van der Waals surface area contributed by atoms with Crippen molar-refractivity contribution in [3.63, 3.8) is 0 Å². The van der Waals surface area contributed by atoms with Gasteiger partial charge in [0.1, 0.15) is 0 Å². The predicted octanol–water partition coefficient (Wildman–Crippen LogP) is 6.01. The van der Waals surface area contributed by atoms with Crippen molar-refractivity contribution in [2.75, 3.05) is 44.3 Å². The van der Waals surface area contributed by atoms with Gasteiger partial charge in [-0.25, -0.2) is 0 Å². The smallest absolute Gasteiger partial charge is 0.225 e. The van der Waals surface area contributed by atoms with E-state index in [-0.39, 0.29) is 24.8 Å². The third-order valence-corrected chi connectivity index (χ3v) is 8.33. The van der Waals surface area contributed by atoms with E-state index in [0.717, 1.165) is 12.2 Å². The maximum Gasteiger partial charge on any atom is 0.225 e. The molecule has 2 amide bonds. The molecule has 39 heavy (non-hydrogen) atoms. The zero-order chi connectivity index (χ0) is 27.8. The molecule has 2 N–H and O–H groups in total. The van der Waals surface area contributed by atoms with Crippen LogP contribution in [0.25, 0.3) is 0 Å². The second kappa shape index (κ2) is 14.1. The fraction of sp³-hybridized carbons (Fsp3) is 0.379. The highest BCUT2D eigenvalue weighted by Crippen LogP contribution is 2.34. The number of para-hydroxylation sites is 1. The first-order valence-corrected chi connectivity index (χ1v) is 14.7. The highest BCUT2D eigenvalue weighted by molar-refractivity contribution is 7.10. The standard InChI is InChI=1S/C29H33Cl2FN4O2S/c1-2-33-29(26-8-5-17-39-26)22-6-3-4-7-25(22)35-13-15-36(16-14-35)28(38)19-24(34-27(37)11-12-32)21-10-9-20(30)18-23(21)31/h3-10,17-18,24,29,33H,2,11-16,19H2,1H3,(H,34,37)/t24-,29?/m0/s1. The molecule has 0 aliphatic carbocycles. The van der Waals surface area contributed by atoms with Crippen molar-refractivity contribution in [1.29, 1.82) is 0 Å². The van der Waals surface area contributed by atoms with Crippen LogP contribution in [0.3, 0.4) is 0 Å². The van der Waals surface area contributed by atoms with Crippen LogP contribution in [0, 0.1) is 0 Å². The maximum atomic E-state index is 13.4. The van der Waals surface area contributed by atoms with Crippen LogP contribution in [0.4, 0.5) is 10.1 Å². The molecule has 2 heterocycles. The van der Waals surface area contributed by atoms with Crippen LogP contribution in [-0.2, 0) is 9.59 Å². The van der Waals surface area contributed by atoms with Gasteiger partial charge >= 0.3 is 0 Å². The van der Waals surface area contributed by atoms with Crippen LogP contribution in [0.15, 0.2) is 60.0 Å². The Hall–Kier alpha value is -2.65. The van der Waals surface area contributed by atoms with Crippen LogP contribution in [0.5, 0.6) is 0 Å². The van der Waals surface area contributed by atoms with Gasteiger partial charge in [0.2, 0.25) is 11.8 Å². The fourth-order valence-electron chi connectivity index (χ4n) is 4.92. The van der Waals surface area contributed by atoms with E-state index in [1.54, 1.807) is 29.5 Å². The molecular formula is C29H33Cl2FN4O2S. The molecule has 6 nitrogen and oxygen atoms in total. The van der Waals surface area contributed by atoms with Gasteiger partial charge < -0.3 is 20.4 Å². The van der Waals surface area contributed by atoms with Crippen molar-refractivity contribution < 1.29 is 14.0 Å². The Morgan fingerprint density at radius 3 is 2.46 bits per heavy atom. The molecule has 4 rings (SSSR count). The van der Waals surface area contributed by atoms with Crippen molar-refractivity contribution in [2.45, 2.75) is 31.8 Å². The topological polar surface area (TPSA) is 64.7 Å². The van der Waals surface area contributed by atoms with Crippen molar-refractivity contribution >= 4 is 52.0 Å². The second-order valence-corrected chi connectivity index (χ2v) is 11.2. The molecule has 2 atom stereocenters. The summed E-state index contributed by atoms with van der Waals surface area (Å²) in [4.78, 5) is 31.0. The van der Waals surface area contributed by atoms with Crippen molar-refractivity contribution in [3.05, 3.63) is 86.0 Å². The van der Waals surface area contributed by atoms with Crippen LogP contribution in [-0.4, -0.2) is 56.1 Å². The third kappa shape index (κ3) is 7.51. The Labute approximate surface area is 243 Å². The molecule has 1 unspecified atom stereocenters. The Kier molecular flexibility index (Phi) is 10.6. The number of halogens is 3. The maximum absolute atomic E-state index is 13.4. The molecule has 2 aromatic carbocycles. The van der Waals surface area contributed by atoms with Crippen molar-refractivity contribution in [2.24, 2.45) is 0 Å². The van der Waals surface area contributed by atoms with Gasteiger partial charge in [0.25, 0.3) is 0 Å². The highest BCUT2D eigenvalue weighted by Gasteiger charge is 2.28. The Morgan fingerprint density at radius 2 is 1.79 bits per heavy atom. The summed E-state index contributed by atoms with van der Waals surface area (Å²) >= 11 is 14.2. The van der Waals surface area contributed by atoms with Crippen LogP contribution in [0.2, 0.25) is 10.0 Å². The Bertz CT molecular complexity index is 1250. The van der Waals surface area contributed by atoms with Gasteiger partial charge in [-0.3, -0.25) is 14.0 Å². The summed E-state index contributed by atoms with van der Waals surface area (Å²) in [7, 11) is 0. The molecule has 1 fully saturated rings. The number of alkyl halides is 1. The van der Waals surface area contributed by atoms with E-state index in [2.05, 4.69) is 58.2 Å². The van der Waals surface area contributed by atoms with Gasteiger partial charge in [-0.1, -0.05) is 60.5 Å². The molecule has 0 saturated carbocycles. The van der Waals surface area contributed by atoms with Gasteiger partial charge in [-0.05, 0) is 47.3 Å². The average Bonchev–Trinajstić information content (AvgIpc) is 3.46. The molecule has 1 aliphatic rings. The molecule has 0 bridgehead atoms. The second-order valence-electron chi connectivity index (χ2n) is 9.36. The zero-order valence-electron chi connectivity index (χ0n) is 21.8. The SMILES string of the molecule is CCNC(c1cccs1)c1ccccc1N1CCN(C(=O)C[C@H](NC(=O)CCF)c2ccc(Cl)cc2Cl)CC1. The Morgan fingerprint density at radius 1 is 1.03 bits per heavy atom. The normalized spacial score (nSPS) is 15.2. The van der Waals surface area contributed by atoms with E-state index >= 15 is 0 Å². The summed E-state index contributed by atoms with van der Waals surface area (Å²) in [5.41, 5.74) is 2.96. The summed E-state index contributed by atoms with van der Waals surface area (Å²) in [6, 6.07) is 17.0. The summed E-state index contributed by atoms with van der Waals surface area (Å²) in [6.45, 7) is 4.66. The molecule has 10 heteroatoms. The minimum Gasteiger partial charge on any atom is -0.368 e. The predicted molar refractivity (Wildman–Crippen MR) is 158 cm³/mol. The number of anilines is 1. The minimum absolute atomic E-state index is 0.0246. The molecule has 1 aromatic heterocycles. The van der Waals surface area contributed by atoms with E-state index in [0.29, 0.717) is 41.8 Å². The number of nitrogens with one attached hydrogen (secondary N) is 2. The monoisotopic (exact) mass is 590 g/mol. The van der Waals surface area contributed by atoms with Crippen LogP contribution in [0.1, 0.15) is 47.9 Å². The minimum atomic E-state index is -0.772. The number of hydrogen-bond donors (Lipinski definition) is 2. The van der Waals surface area contributed by atoms with E-state index in [1.807, 2.05) is 11.0 Å². The summed E-state index contributed by atoms with van der Waals surface area (Å²) in [5.74, 6) is -0.563. The van der Waals surface area contributed by atoms with Gasteiger partial charge in [0.05, 0.1) is 31.6 Å². The number of carbonyl (C=O) groups is 2. The van der Waals surface area contributed by atoms with Gasteiger partial charge in [-0.2, -0.15) is 0 Å². The lowest BCUT2D eigenvalue weighted by Crippen LogP contribution is -2.50. The van der Waals surface area contributed by atoms with Crippen molar-refractivity contribution in [3.8, 4) is 0 Å². The third-order valence-electron chi connectivity index (χ3n) is 6.83. The first-order chi connectivity index (χ1) is 18.9. The molecule has 208 valence electrons. The quantitative estimate of drug-likeness (QED) is 0.287. The molecule has 0 radical (unpaired) electrons.